The summed E-state index contributed by atoms with van der Waals surface area (Å²) >= 11 is 0. The monoisotopic (exact) mass is 486 g/mol. The van der Waals surface area contributed by atoms with Crippen LogP contribution in [0.25, 0.3) is 0 Å². The Morgan fingerprint density at radius 1 is 1.12 bits per heavy atom. The van der Waals surface area contributed by atoms with Crippen LogP contribution >= 0.6 is 0 Å². The topological polar surface area (TPSA) is 87.5 Å². The molecule has 32 heavy (non-hydrogen) atoms. The van der Waals surface area contributed by atoms with Gasteiger partial charge in [-0.2, -0.15) is 39.9 Å². The molecule has 7 nitrogen and oxygen atoms in total. The molecule has 0 bridgehead atoms. The minimum absolute atomic E-state index is 0.162. The Morgan fingerprint density at radius 3 is 2.28 bits per heavy atom. The first kappa shape index (κ1) is 24.0. The first-order chi connectivity index (χ1) is 14.7. The molecule has 1 atom stereocenters. The Kier molecular flexibility index (Phi) is 6.30. The molecular formula is C18H16F6N2O5S. The van der Waals surface area contributed by atoms with Crippen LogP contribution in [0.2, 0.25) is 0 Å². The number of ether oxygens (including phenoxy) is 1. The number of aromatic nitrogens is 2. The van der Waals surface area contributed by atoms with E-state index in [1.165, 1.54) is 31.4 Å². The van der Waals surface area contributed by atoms with Crippen molar-refractivity contribution in [3.63, 3.8) is 0 Å². The zero-order chi connectivity index (χ0) is 23.9. The van der Waals surface area contributed by atoms with E-state index in [4.69, 9.17) is 4.74 Å². The van der Waals surface area contributed by atoms with E-state index in [0.717, 1.165) is 0 Å². The summed E-state index contributed by atoms with van der Waals surface area (Å²) in [5.41, 5.74) is -8.92. The predicted octanol–water partition coefficient (Wildman–Crippen LogP) is 3.22. The molecule has 14 heteroatoms. The van der Waals surface area contributed by atoms with Crippen LogP contribution < -0.4 is 10.3 Å². The van der Waals surface area contributed by atoms with E-state index in [1.54, 1.807) is 0 Å². The number of alkyl halides is 6. The van der Waals surface area contributed by atoms with Crippen molar-refractivity contribution >= 4 is 10.1 Å². The van der Waals surface area contributed by atoms with E-state index in [9.17, 15) is 39.6 Å². The molecule has 176 valence electrons. The predicted molar refractivity (Wildman–Crippen MR) is 97.6 cm³/mol. The second kappa shape index (κ2) is 8.39. The van der Waals surface area contributed by atoms with E-state index >= 15 is 0 Å². The lowest BCUT2D eigenvalue weighted by Crippen LogP contribution is -2.34. The lowest BCUT2D eigenvalue weighted by Gasteiger charge is -2.17. The molecule has 1 aliphatic carbocycles. The molecule has 2 aromatic rings. The van der Waals surface area contributed by atoms with Crippen molar-refractivity contribution in [3.8, 4) is 5.75 Å². The summed E-state index contributed by atoms with van der Waals surface area (Å²) in [5.74, 6) is -0.701. The van der Waals surface area contributed by atoms with Crippen molar-refractivity contribution in [2.75, 3.05) is 13.7 Å². The van der Waals surface area contributed by atoms with Crippen molar-refractivity contribution in [2.45, 2.75) is 37.0 Å². The first-order valence-electron chi connectivity index (χ1n) is 9.04. The van der Waals surface area contributed by atoms with Gasteiger partial charge in [-0.3, -0.25) is 8.98 Å². The highest BCUT2D eigenvalue weighted by Crippen LogP contribution is 2.39. The second-order valence-electron chi connectivity index (χ2n) is 6.97. The molecule has 1 aromatic heterocycles. The summed E-state index contributed by atoms with van der Waals surface area (Å²) in [5, 5.41) is 3.93. The van der Waals surface area contributed by atoms with Crippen molar-refractivity contribution < 1.29 is 43.7 Å². The van der Waals surface area contributed by atoms with E-state index in [-0.39, 0.29) is 25.1 Å². The molecule has 0 radical (unpaired) electrons. The zero-order valence-electron chi connectivity index (χ0n) is 16.3. The van der Waals surface area contributed by atoms with Gasteiger partial charge in [0, 0.05) is 5.92 Å². The van der Waals surface area contributed by atoms with Gasteiger partial charge < -0.3 is 4.74 Å². The molecule has 3 rings (SSSR count). The van der Waals surface area contributed by atoms with Crippen molar-refractivity contribution in [1.29, 1.82) is 0 Å². The average Bonchev–Trinajstić information content (AvgIpc) is 3.07. The molecule has 0 fully saturated rings. The van der Waals surface area contributed by atoms with E-state index in [1.807, 2.05) is 0 Å². The maximum atomic E-state index is 13.6. The van der Waals surface area contributed by atoms with Crippen LogP contribution in [0, 0.1) is 0 Å². The Bertz CT molecular complexity index is 1160. The normalized spacial score (nSPS) is 16.8. The Hall–Kier alpha value is -2.61. The van der Waals surface area contributed by atoms with Crippen LogP contribution in [0.3, 0.4) is 0 Å². The molecule has 1 heterocycles. The van der Waals surface area contributed by atoms with Gasteiger partial charge in [-0.1, -0.05) is 12.1 Å². The van der Waals surface area contributed by atoms with Gasteiger partial charge in [-0.15, -0.1) is 0 Å². The van der Waals surface area contributed by atoms with Crippen LogP contribution in [-0.4, -0.2) is 37.4 Å². The summed E-state index contributed by atoms with van der Waals surface area (Å²) in [6, 6.07) is 6.06. The third kappa shape index (κ3) is 4.75. The molecule has 1 unspecified atom stereocenters. The van der Waals surface area contributed by atoms with Crippen LogP contribution in [0.4, 0.5) is 26.3 Å². The minimum Gasteiger partial charge on any atom is -0.497 e. The number of halogens is 6. The molecule has 0 saturated heterocycles. The van der Waals surface area contributed by atoms with Gasteiger partial charge in [-0.05, 0) is 36.1 Å². The quantitative estimate of drug-likeness (QED) is 0.354. The average molecular weight is 486 g/mol. The highest BCUT2D eigenvalue weighted by atomic mass is 32.2. The van der Waals surface area contributed by atoms with Crippen LogP contribution in [0.15, 0.2) is 29.1 Å². The SMILES string of the molecule is COc1ccc(Cn2nc3c(c(C(F)(F)F)c2=O)CCC3COS(=O)(=O)C(F)(F)F)cc1. The number of nitrogens with zero attached hydrogens (tertiary/aromatic N) is 2. The molecule has 1 aromatic carbocycles. The van der Waals surface area contributed by atoms with Gasteiger partial charge in [0.05, 0.1) is 26.0 Å². The Balaban J connectivity index is 2.00. The van der Waals surface area contributed by atoms with Crippen LogP contribution in [0.5, 0.6) is 5.75 Å². The van der Waals surface area contributed by atoms with Gasteiger partial charge in [-0.25, -0.2) is 4.68 Å². The number of methoxy groups -OCH3 is 1. The molecular weight excluding hydrogens is 470 g/mol. The summed E-state index contributed by atoms with van der Waals surface area (Å²) in [7, 11) is -4.52. The minimum atomic E-state index is -5.93. The van der Waals surface area contributed by atoms with E-state index in [0.29, 0.717) is 16.0 Å². The third-order valence-electron chi connectivity index (χ3n) is 4.90. The largest absolute Gasteiger partial charge is 0.523 e. The fourth-order valence-electron chi connectivity index (χ4n) is 3.36. The van der Waals surface area contributed by atoms with E-state index in [2.05, 4.69) is 9.28 Å². The molecule has 0 amide bonds. The first-order valence-corrected chi connectivity index (χ1v) is 10.4. The lowest BCUT2D eigenvalue weighted by atomic mass is 10.1. The Morgan fingerprint density at radius 2 is 1.75 bits per heavy atom. The highest BCUT2D eigenvalue weighted by Gasteiger charge is 2.48. The van der Waals surface area contributed by atoms with Crippen LogP contribution in [0.1, 0.15) is 34.7 Å². The zero-order valence-corrected chi connectivity index (χ0v) is 17.1. The summed E-state index contributed by atoms with van der Waals surface area (Å²) in [4.78, 5) is 12.5. The number of benzene rings is 1. The van der Waals surface area contributed by atoms with Gasteiger partial charge in [0.25, 0.3) is 5.56 Å². The summed E-state index contributed by atoms with van der Waals surface area (Å²) < 4.78 is 110. The van der Waals surface area contributed by atoms with Gasteiger partial charge in [0.2, 0.25) is 0 Å². The third-order valence-corrected chi connectivity index (χ3v) is 5.91. The molecule has 0 N–H and O–H groups in total. The number of hydrogen-bond donors (Lipinski definition) is 0. The Labute approximate surface area is 177 Å². The van der Waals surface area contributed by atoms with Crippen molar-refractivity contribution in [3.05, 3.63) is 57.0 Å². The summed E-state index contributed by atoms with van der Waals surface area (Å²) in [6.45, 7) is -1.41. The fraction of sp³-hybridized carbons (Fsp3) is 0.444. The van der Waals surface area contributed by atoms with Crippen LogP contribution in [-0.2, 0) is 33.4 Å². The van der Waals surface area contributed by atoms with Gasteiger partial charge in [0.1, 0.15) is 11.3 Å². The van der Waals surface area contributed by atoms with Gasteiger partial charge in [0.15, 0.2) is 0 Å². The highest BCUT2D eigenvalue weighted by molar-refractivity contribution is 7.87. The maximum Gasteiger partial charge on any atom is 0.523 e. The smallest absolute Gasteiger partial charge is 0.497 e. The van der Waals surface area contributed by atoms with Gasteiger partial charge >= 0.3 is 21.8 Å². The molecule has 1 aliphatic rings. The van der Waals surface area contributed by atoms with Crippen molar-refractivity contribution in [2.24, 2.45) is 0 Å². The fourth-order valence-corrected chi connectivity index (χ4v) is 3.84. The van der Waals surface area contributed by atoms with E-state index < -0.39 is 51.0 Å². The number of rotatable bonds is 6. The second-order valence-corrected chi connectivity index (χ2v) is 8.57. The lowest BCUT2D eigenvalue weighted by molar-refractivity contribution is -0.139. The molecule has 0 saturated carbocycles. The maximum absolute atomic E-state index is 13.6. The van der Waals surface area contributed by atoms with Crippen molar-refractivity contribution in [1.82, 2.24) is 9.78 Å². The summed E-state index contributed by atoms with van der Waals surface area (Å²) in [6.07, 6.45) is -5.51. The number of fused-ring (bicyclic) bond motifs is 1. The standard InChI is InChI=1S/C18H16F6N2O5S/c1-30-12-5-2-10(3-6-12)8-26-16(27)14(17(19,20)21)13-7-4-11(15(13)25-26)9-31-32(28,29)18(22,23)24/h2-3,5-6,11H,4,7-9H2,1H3. The molecule has 0 aliphatic heterocycles. The molecule has 0 spiro atoms. The number of hydrogen-bond acceptors (Lipinski definition) is 6.